The summed E-state index contributed by atoms with van der Waals surface area (Å²) in [4.78, 5) is 27.2. The number of pyridine rings is 1. The molecule has 0 aliphatic carbocycles. The highest BCUT2D eigenvalue weighted by Gasteiger charge is 2.18. The summed E-state index contributed by atoms with van der Waals surface area (Å²) < 4.78 is 41.0. The van der Waals surface area contributed by atoms with E-state index < -0.39 is 27.3 Å². The maximum Gasteiger partial charge on any atom is 0.261 e. The number of thiophene rings is 1. The van der Waals surface area contributed by atoms with E-state index >= 15 is 0 Å². The summed E-state index contributed by atoms with van der Waals surface area (Å²) in [6, 6.07) is 11.9. The molecule has 0 spiro atoms. The van der Waals surface area contributed by atoms with Gasteiger partial charge in [0, 0.05) is 29.2 Å². The monoisotopic (exact) mass is 457 g/mol. The molecule has 2 aromatic heterocycles. The number of nitrogens with one attached hydrogen (secondary N) is 3. The molecule has 1 amide bonds. The normalized spacial score (nSPS) is 11.4. The lowest BCUT2D eigenvalue weighted by Crippen LogP contribution is -2.24. The van der Waals surface area contributed by atoms with E-state index in [2.05, 4.69) is 15.0 Å². The highest BCUT2D eigenvalue weighted by Crippen LogP contribution is 2.22. The van der Waals surface area contributed by atoms with E-state index in [1.54, 1.807) is 0 Å². The summed E-state index contributed by atoms with van der Waals surface area (Å²) >= 11 is 1.50. The van der Waals surface area contributed by atoms with Gasteiger partial charge in [-0.2, -0.15) is 11.3 Å². The standard InChI is InChI=1S/C21H16FN3O4S2/c22-14-1-3-15(4-2-14)25-31(28,29)16-5-6-19-17(9-16)18(10-20(26)24-19)21(27)23-11-13-7-8-30-12-13/h1-10,12,25H,11H2,(H,23,27)(H,24,26). The predicted octanol–water partition coefficient (Wildman–Crippen LogP) is 3.46. The number of benzene rings is 2. The molecule has 2 aromatic carbocycles. The minimum absolute atomic E-state index is 0.0628. The Hall–Kier alpha value is -3.50. The van der Waals surface area contributed by atoms with Crippen LogP contribution in [0.3, 0.4) is 0 Å². The van der Waals surface area contributed by atoms with Gasteiger partial charge in [-0.3, -0.25) is 14.3 Å². The van der Waals surface area contributed by atoms with Gasteiger partial charge in [0.25, 0.3) is 15.9 Å². The van der Waals surface area contributed by atoms with Crippen molar-refractivity contribution >= 4 is 43.9 Å². The Morgan fingerprint density at radius 3 is 2.55 bits per heavy atom. The van der Waals surface area contributed by atoms with E-state index in [1.807, 2.05) is 16.8 Å². The molecule has 0 unspecified atom stereocenters. The number of aromatic amines is 1. The number of hydrogen-bond acceptors (Lipinski definition) is 5. The van der Waals surface area contributed by atoms with E-state index in [0.29, 0.717) is 5.52 Å². The van der Waals surface area contributed by atoms with E-state index in [0.717, 1.165) is 23.8 Å². The molecular weight excluding hydrogens is 441 g/mol. The molecular formula is C21H16FN3O4S2. The van der Waals surface area contributed by atoms with Crippen LogP contribution in [0.15, 0.2) is 75.0 Å². The fourth-order valence-corrected chi connectivity index (χ4v) is 4.74. The Morgan fingerprint density at radius 1 is 1.06 bits per heavy atom. The number of carbonyl (C=O) groups is 1. The first-order valence-electron chi connectivity index (χ1n) is 9.06. The molecule has 0 aliphatic heterocycles. The van der Waals surface area contributed by atoms with Gasteiger partial charge in [-0.1, -0.05) is 0 Å². The summed E-state index contributed by atoms with van der Waals surface area (Å²) in [6.07, 6.45) is 0. The molecule has 0 fully saturated rings. The zero-order valence-corrected chi connectivity index (χ0v) is 17.5. The molecule has 2 heterocycles. The third kappa shape index (κ3) is 4.65. The predicted molar refractivity (Wildman–Crippen MR) is 117 cm³/mol. The van der Waals surface area contributed by atoms with Crippen molar-refractivity contribution in [1.82, 2.24) is 10.3 Å². The van der Waals surface area contributed by atoms with Gasteiger partial charge in [-0.25, -0.2) is 12.8 Å². The second kappa shape index (κ2) is 8.32. The molecule has 31 heavy (non-hydrogen) atoms. The van der Waals surface area contributed by atoms with Gasteiger partial charge in [0.15, 0.2) is 0 Å². The number of aromatic nitrogens is 1. The highest BCUT2D eigenvalue weighted by atomic mass is 32.2. The number of hydrogen-bond donors (Lipinski definition) is 3. The number of anilines is 1. The van der Waals surface area contributed by atoms with Gasteiger partial charge in [0.05, 0.1) is 10.5 Å². The molecule has 0 atom stereocenters. The van der Waals surface area contributed by atoms with Gasteiger partial charge in [0.2, 0.25) is 5.56 Å². The number of H-pyrrole nitrogens is 1. The van der Waals surface area contributed by atoms with E-state index in [4.69, 9.17) is 0 Å². The summed E-state index contributed by atoms with van der Waals surface area (Å²) in [5.74, 6) is -0.987. The lowest BCUT2D eigenvalue weighted by molar-refractivity contribution is 0.0952. The van der Waals surface area contributed by atoms with Gasteiger partial charge in [-0.15, -0.1) is 0 Å². The van der Waals surface area contributed by atoms with Gasteiger partial charge < -0.3 is 10.3 Å². The maximum absolute atomic E-state index is 13.1. The van der Waals surface area contributed by atoms with Crippen molar-refractivity contribution in [2.24, 2.45) is 0 Å². The van der Waals surface area contributed by atoms with Crippen LogP contribution in [0.2, 0.25) is 0 Å². The smallest absolute Gasteiger partial charge is 0.261 e. The fraction of sp³-hybridized carbons (Fsp3) is 0.0476. The van der Waals surface area contributed by atoms with Crippen LogP contribution < -0.4 is 15.6 Å². The summed E-state index contributed by atoms with van der Waals surface area (Å²) in [5, 5.41) is 6.80. The molecule has 0 saturated carbocycles. The Morgan fingerprint density at radius 2 is 1.84 bits per heavy atom. The zero-order chi connectivity index (χ0) is 22.0. The Labute approximate surface area is 180 Å². The highest BCUT2D eigenvalue weighted by molar-refractivity contribution is 7.92. The average molecular weight is 458 g/mol. The topological polar surface area (TPSA) is 108 Å². The molecule has 7 nitrogen and oxygen atoms in total. The number of carbonyl (C=O) groups excluding carboxylic acids is 1. The first kappa shape index (κ1) is 20.8. The molecule has 10 heteroatoms. The van der Waals surface area contributed by atoms with Crippen LogP contribution in [0, 0.1) is 5.82 Å². The van der Waals surface area contributed by atoms with Crippen molar-refractivity contribution in [1.29, 1.82) is 0 Å². The van der Waals surface area contributed by atoms with Crippen LogP contribution in [0.25, 0.3) is 10.9 Å². The molecule has 3 N–H and O–H groups in total. The van der Waals surface area contributed by atoms with Gasteiger partial charge in [0.1, 0.15) is 5.82 Å². The molecule has 0 radical (unpaired) electrons. The third-order valence-corrected chi connectivity index (χ3v) is 6.61. The van der Waals surface area contributed by atoms with E-state index in [-0.39, 0.29) is 28.1 Å². The first-order valence-corrected chi connectivity index (χ1v) is 11.5. The number of fused-ring (bicyclic) bond motifs is 1. The van der Waals surface area contributed by atoms with Crippen molar-refractivity contribution in [3.63, 3.8) is 0 Å². The number of amides is 1. The molecule has 158 valence electrons. The second-order valence-corrected chi connectivity index (χ2v) is 9.14. The minimum Gasteiger partial charge on any atom is -0.348 e. The summed E-state index contributed by atoms with van der Waals surface area (Å²) in [5.41, 5.74) is 1.02. The Kier molecular flexibility index (Phi) is 5.57. The van der Waals surface area contributed by atoms with Crippen LogP contribution in [0.4, 0.5) is 10.1 Å². The number of halogens is 1. The van der Waals surface area contributed by atoms with Gasteiger partial charge in [-0.05, 0) is 64.9 Å². The van der Waals surface area contributed by atoms with Crippen molar-refractivity contribution in [2.45, 2.75) is 11.4 Å². The van der Waals surface area contributed by atoms with Crippen LogP contribution in [0.5, 0.6) is 0 Å². The first-order chi connectivity index (χ1) is 14.8. The lowest BCUT2D eigenvalue weighted by Gasteiger charge is -2.11. The third-order valence-electron chi connectivity index (χ3n) is 4.50. The number of sulfonamides is 1. The quantitative estimate of drug-likeness (QED) is 0.412. The van der Waals surface area contributed by atoms with Crippen LogP contribution in [-0.2, 0) is 16.6 Å². The largest absolute Gasteiger partial charge is 0.348 e. The molecule has 0 saturated heterocycles. The summed E-state index contributed by atoms with van der Waals surface area (Å²) in [7, 11) is -4.01. The Balaban J connectivity index is 1.69. The second-order valence-electron chi connectivity index (χ2n) is 6.68. The maximum atomic E-state index is 13.1. The lowest BCUT2D eigenvalue weighted by atomic mass is 10.1. The van der Waals surface area contributed by atoms with Crippen LogP contribution in [0.1, 0.15) is 15.9 Å². The van der Waals surface area contributed by atoms with E-state index in [9.17, 15) is 22.4 Å². The van der Waals surface area contributed by atoms with Gasteiger partial charge >= 0.3 is 0 Å². The summed E-state index contributed by atoms with van der Waals surface area (Å²) in [6.45, 7) is 0.279. The van der Waals surface area contributed by atoms with Crippen LogP contribution >= 0.6 is 11.3 Å². The van der Waals surface area contributed by atoms with Crippen molar-refractivity contribution in [3.8, 4) is 0 Å². The molecule has 4 rings (SSSR count). The Bertz CT molecular complexity index is 1410. The number of rotatable bonds is 6. The van der Waals surface area contributed by atoms with E-state index in [1.165, 1.54) is 41.7 Å². The average Bonchev–Trinajstić information content (AvgIpc) is 3.26. The fourth-order valence-electron chi connectivity index (χ4n) is 2.99. The SMILES string of the molecule is O=C(NCc1ccsc1)c1cc(=O)[nH]c2ccc(S(=O)(=O)Nc3ccc(F)cc3)cc12. The van der Waals surface area contributed by atoms with Crippen LogP contribution in [-0.4, -0.2) is 19.3 Å². The van der Waals surface area contributed by atoms with Crippen molar-refractivity contribution in [3.05, 3.63) is 92.7 Å². The molecule has 0 aliphatic rings. The zero-order valence-electron chi connectivity index (χ0n) is 15.9. The minimum atomic E-state index is -4.01. The van der Waals surface area contributed by atoms with Crippen molar-refractivity contribution in [2.75, 3.05) is 4.72 Å². The van der Waals surface area contributed by atoms with Crippen molar-refractivity contribution < 1.29 is 17.6 Å². The molecule has 0 bridgehead atoms. The molecule has 4 aromatic rings.